The Bertz CT molecular complexity index is 1700. The Kier molecular flexibility index (Phi) is 35.7. The molecule has 0 saturated heterocycles. The van der Waals surface area contributed by atoms with Crippen LogP contribution in [0.3, 0.4) is 0 Å². The molecular formula is C49H80O17P2. The number of rotatable bonds is 39. The first kappa shape index (κ1) is 62.9. The largest absolute Gasteiger partial charge is 0.472 e. The van der Waals surface area contributed by atoms with E-state index in [1.807, 2.05) is 36.5 Å². The molecule has 1 rings (SSSR count). The highest BCUT2D eigenvalue weighted by Gasteiger charge is 2.54. The monoisotopic (exact) mass is 1000 g/mol. The number of aliphatic hydroxyl groups excluding tert-OH is 4. The summed E-state index contributed by atoms with van der Waals surface area (Å²) in [5.41, 5.74) is 0. The summed E-state index contributed by atoms with van der Waals surface area (Å²) in [6.45, 7) is 2.83. The van der Waals surface area contributed by atoms with E-state index in [2.05, 4.69) is 54.8 Å². The fourth-order valence-electron chi connectivity index (χ4n) is 6.64. The van der Waals surface area contributed by atoms with Crippen LogP contribution in [0, 0.1) is 0 Å². The molecule has 0 spiro atoms. The molecule has 0 aromatic rings. The highest BCUT2D eigenvalue weighted by atomic mass is 31.2. The molecule has 1 fully saturated rings. The standard InChI is InChI=1S/C49H80O17P2/c1-3-5-7-8-9-10-11-12-13-14-15-16-17-18-19-22-25-28-32-36-42(51)62-38-41(64-43(52)37-33-29-26-23-20-21-24-27-31-35-40(50)34-30-6-4-2)39-63-68(60,61)66-49-46(55)44(53)45(54)48(47(49)56)65-67(57,58)59/h9-10,12-13,15-16,18-19,24-25,27-28,31,35,41,44-49,53-56H,3-8,11,14,17,20-23,26,29-30,32-34,36-39H2,1-2H3,(H,60,61)(H2,57,58,59)/b10-9-,13-12-,16-15-,19-18-,27-24-,28-25-,35-31+/t41-,44?,45?,46?,47?,48-,49+/m1/s1. The molecule has 17 nitrogen and oxygen atoms in total. The zero-order chi connectivity index (χ0) is 50.5. The van der Waals surface area contributed by atoms with E-state index in [1.165, 1.54) is 19.3 Å². The topological polar surface area (TPSA) is 273 Å². The molecule has 0 bridgehead atoms. The average molecular weight is 1000 g/mol. The average Bonchev–Trinajstić information content (AvgIpc) is 3.29. The van der Waals surface area contributed by atoms with E-state index >= 15 is 0 Å². The quantitative estimate of drug-likeness (QED) is 0.00758. The van der Waals surface area contributed by atoms with Crippen molar-refractivity contribution in [1.29, 1.82) is 0 Å². The normalized spacial score (nSPS) is 21.9. The van der Waals surface area contributed by atoms with Gasteiger partial charge < -0.3 is 44.6 Å². The molecule has 0 radical (unpaired) electrons. The van der Waals surface area contributed by atoms with Crippen LogP contribution in [0.1, 0.15) is 149 Å². The van der Waals surface area contributed by atoms with E-state index in [9.17, 15) is 58.6 Å². The van der Waals surface area contributed by atoms with Crippen LogP contribution in [0.25, 0.3) is 0 Å². The lowest BCUT2D eigenvalue weighted by Crippen LogP contribution is -2.64. The molecule has 68 heavy (non-hydrogen) atoms. The lowest BCUT2D eigenvalue weighted by Gasteiger charge is -2.43. The molecule has 7 N–H and O–H groups in total. The molecule has 388 valence electrons. The Morgan fingerprint density at radius 1 is 0.515 bits per heavy atom. The number of ether oxygens (including phenoxy) is 2. The van der Waals surface area contributed by atoms with Gasteiger partial charge in [-0.3, -0.25) is 28.0 Å². The summed E-state index contributed by atoms with van der Waals surface area (Å²) in [5, 5.41) is 41.2. The number of allylic oxidation sites excluding steroid dienone is 14. The molecule has 1 aliphatic carbocycles. The van der Waals surface area contributed by atoms with Crippen LogP contribution in [0.15, 0.2) is 85.1 Å². The van der Waals surface area contributed by atoms with Crippen molar-refractivity contribution in [1.82, 2.24) is 0 Å². The number of carbonyl (C=O) groups excluding carboxylic acids is 3. The SMILES string of the molecule is CCCCC/C=C\C/C=C\C/C=C\C/C=C\C/C=C\CCC(=O)OC[C@H](COP(=O)(O)O[C@H]1C(O)C(O)C(O)[C@@H](OP(=O)(O)O)C1O)OC(=O)CCCCCCC/C=C\C=C\C(=O)CCCCC. The van der Waals surface area contributed by atoms with Crippen molar-refractivity contribution in [3.05, 3.63) is 85.1 Å². The maximum absolute atomic E-state index is 13.0. The van der Waals surface area contributed by atoms with Crippen LogP contribution in [-0.4, -0.2) is 109 Å². The number of phosphoric acid groups is 2. The van der Waals surface area contributed by atoms with Gasteiger partial charge in [-0.2, -0.15) is 0 Å². The summed E-state index contributed by atoms with van der Waals surface area (Å²) < 4.78 is 49.2. The van der Waals surface area contributed by atoms with Gasteiger partial charge in [-0.1, -0.05) is 138 Å². The van der Waals surface area contributed by atoms with Crippen molar-refractivity contribution in [2.24, 2.45) is 0 Å². The Hall–Kier alpha value is -3.15. The van der Waals surface area contributed by atoms with Crippen LogP contribution in [0.4, 0.5) is 0 Å². The maximum Gasteiger partial charge on any atom is 0.472 e. The number of phosphoric ester groups is 2. The third-order valence-corrected chi connectivity index (χ3v) is 11.9. The Labute approximate surface area is 403 Å². The molecule has 19 heteroatoms. The van der Waals surface area contributed by atoms with E-state index < -0.39 is 83.5 Å². The van der Waals surface area contributed by atoms with Gasteiger partial charge in [0.2, 0.25) is 0 Å². The Balaban J connectivity index is 2.67. The highest BCUT2D eigenvalue weighted by molar-refractivity contribution is 7.47. The summed E-state index contributed by atoms with van der Waals surface area (Å²) in [6.07, 6.45) is 29.6. The van der Waals surface area contributed by atoms with Crippen molar-refractivity contribution in [3.63, 3.8) is 0 Å². The van der Waals surface area contributed by atoms with Gasteiger partial charge in [0.25, 0.3) is 0 Å². The molecule has 0 aromatic carbocycles. The molecule has 0 aliphatic heterocycles. The van der Waals surface area contributed by atoms with Crippen LogP contribution >= 0.6 is 15.6 Å². The van der Waals surface area contributed by atoms with Crippen molar-refractivity contribution < 1.29 is 81.7 Å². The van der Waals surface area contributed by atoms with Gasteiger partial charge in [0.15, 0.2) is 11.9 Å². The molecular weight excluding hydrogens is 922 g/mol. The molecule has 5 unspecified atom stereocenters. The van der Waals surface area contributed by atoms with E-state index in [4.69, 9.17) is 18.5 Å². The fraction of sp³-hybridized carbons (Fsp3) is 0.653. The highest BCUT2D eigenvalue weighted by Crippen LogP contribution is 2.49. The second-order valence-corrected chi connectivity index (χ2v) is 19.1. The fourth-order valence-corrected chi connectivity index (χ4v) is 8.17. The zero-order valence-electron chi connectivity index (χ0n) is 40.0. The molecule has 8 atom stereocenters. The Morgan fingerprint density at radius 2 is 1.01 bits per heavy atom. The number of esters is 2. The first-order chi connectivity index (χ1) is 32.5. The summed E-state index contributed by atoms with van der Waals surface area (Å²) in [5.74, 6) is -1.25. The minimum atomic E-state index is -5.39. The van der Waals surface area contributed by atoms with Crippen LogP contribution in [-0.2, 0) is 46.6 Å². The van der Waals surface area contributed by atoms with Gasteiger partial charge in [-0.05, 0) is 76.7 Å². The Morgan fingerprint density at radius 3 is 1.62 bits per heavy atom. The second-order valence-electron chi connectivity index (χ2n) is 16.5. The summed E-state index contributed by atoms with van der Waals surface area (Å²) in [6, 6.07) is 0. The predicted octanol–water partition coefficient (Wildman–Crippen LogP) is 8.57. The van der Waals surface area contributed by atoms with Gasteiger partial charge in [0.1, 0.15) is 43.2 Å². The lowest BCUT2D eigenvalue weighted by atomic mass is 9.85. The first-order valence-corrected chi connectivity index (χ1v) is 27.1. The maximum atomic E-state index is 13.0. The summed E-state index contributed by atoms with van der Waals surface area (Å²) >= 11 is 0. The summed E-state index contributed by atoms with van der Waals surface area (Å²) in [7, 11) is -10.7. The number of aliphatic hydroxyl groups is 4. The minimum absolute atomic E-state index is 0.0248. The third-order valence-electron chi connectivity index (χ3n) is 10.4. The van der Waals surface area contributed by atoms with Gasteiger partial charge in [0.05, 0.1) is 6.61 Å². The molecule has 1 saturated carbocycles. The van der Waals surface area contributed by atoms with Gasteiger partial charge >= 0.3 is 27.6 Å². The van der Waals surface area contributed by atoms with Crippen molar-refractivity contribution in [3.8, 4) is 0 Å². The molecule has 1 aliphatic rings. The van der Waals surface area contributed by atoms with Crippen molar-refractivity contribution >= 4 is 33.4 Å². The zero-order valence-corrected chi connectivity index (χ0v) is 41.8. The molecule has 0 heterocycles. The van der Waals surface area contributed by atoms with Gasteiger partial charge in [0, 0.05) is 19.3 Å². The van der Waals surface area contributed by atoms with E-state index in [0.717, 1.165) is 70.6 Å². The number of ketones is 1. The van der Waals surface area contributed by atoms with Crippen LogP contribution in [0.2, 0.25) is 0 Å². The van der Waals surface area contributed by atoms with Crippen molar-refractivity contribution in [2.75, 3.05) is 13.2 Å². The number of hydrogen-bond acceptors (Lipinski definition) is 14. The van der Waals surface area contributed by atoms with Crippen molar-refractivity contribution in [2.45, 2.75) is 191 Å². The van der Waals surface area contributed by atoms with E-state index in [-0.39, 0.29) is 18.6 Å². The number of hydrogen-bond donors (Lipinski definition) is 7. The molecule has 0 amide bonds. The smallest absolute Gasteiger partial charge is 0.462 e. The number of carbonyl (C=O) groups is 3. The van der Waals surface area contributed by atoms with Crippen LogP contribution < -0.4 is 0 Å². The summed E-state index contributed by atoms with van der Waals surface area (Å²) in [4.78, 5) is 66.1. The first-order valence-electron chi connectivity index (χ1n) is 24.1. The van der Waals surface area contributed by atoms with Gasteiger partial charge in [-0.15, -0.1) is 0 Å². The lowest BCUT2D eigenvalue weighted by molar-refractivity contribution is -0.216. The predicted molar refractivity (Wildman–Crippen MR) is 260 cm³/mol. The third kappa shape index (κ3) is 32.6. The van der Waals surface area contributed by atoms with E-state index in [1.54, 1.807) is 12.2 Å². The minimum Gasteiger partial charge on any atom is -0.462 e. The molecule has 0 aromatic heterocycles. The van der Waals surface area contributed by atoms with E-state index in [0.29, 0.717) is 32.1 Å². The second kappa shape index (κ2) is 38.6. The van der Waals surface area contributed by atoms with Gasteiger partial charge in [-0.25, -0.2) is 9.13 Å². The van der Waals surface area contributed by atoms with Crippen LogP contribution in [0.5, 0.6) is 0 Å². The number of unbranched alkanes of at least 4 members (excludes halogenated alkanes) is 10.